The van der Waals surface area contributed by atoms with Gasteiger partial charge in [-0.1, -0.05) is 62.2 Å². The van der Waals surface area contributed by atoms with Crippen LogP contribution in [0.3, 0.4) is 0 Å². The number of fused-ring (bicyclic) bond motifs is 1. The zero-order valence-corrected chi connectivity index (χ0v) is 21.1. The molecule has 1 aromatic heterocycles. The maximum atomic E-state index is 13.3. The molecule has 4 rings (SSSR count). The van der Waals surface area contributed by atoms with E-state index in [0.717, 1.165) is 11.8 Å². The van der Waals surface area contributed by atoms with Gasteiger partial charge in [0.2, 0.25) is 0 Å². The number of para-hydroxylation sites is 1. The van der Waals surface area contributed by atoms with Crippen LogP contribution in [0.25, 0.3) is 22.2 Å². The van der Waals surface area contributed by atoms with Crippen LogP contribution in [0.1, 0.15) is 30.9 Å². The van der Waals surface area contributed by atoms with Gasteiger partial charge >= 0.3 is 15.8 Å². The van der Waals surface area contributed by atoms with Crippen molar-refractivity contribution in [2.75, 3.05) is 12.9 Å². The number of ether oxygens (including phenoxy) is 1. The van der Waals surface area contributed by atoms with Crippen LogP contribution in [0.4, 0.5) is 0 Å². The molecule has 0 amide bonds. The van der Waals surface area contributed by atoms with Gasteiger partial charge in [0, 0.05) is 16.5 Å². The molecule has 7 nitrogen and oxygen atoms in total. The summed E-state index contributed by atoms with van der Waals surface area (Å²) in [5.41, 5.74) is 3.15. The molecule has 0 saturated heterocycles. The zero-order valence-electron chi connectivity index (χ0n) is 20.3. The summed E-state index contributed by atoms with van der Waals surface area (Å²) in [6, 6.07) is 19.9. The Labute approximate surface area is 210 Å². The highest BCUT2D eigenvalue weighted by Gasteiger charge is 2.17. The van der Waals surface area contributed by atoms with Crippen molar-refractivity contribution in [2.24, 2.45) is 0 Å². The van der Waals surface area contributed by atoms with E-state index in [9.17, 15) is 13.2 Å². The van der Waals surface area contributed by atoms with E-state index in [1.54, 1.807) is 42.5 Å². The molecule has 1 heterocycles. The Morgan fingerprint density at radius 2 is 1.78 bits per heavy atom. The van der Waals surface area contributed by atoms with Crippen LogP contribution in [0, 0.1) is 12.3 Å². The van der Waals surface area contributed by atoms with Crippen LogP contribution in [-0.4, -0.2) is 30.8 Å². The normalized spacial score (nSPS) is 11.4. The van der Waals surface area contributed by atoms with E-state index in [1.165, 1.54) is 10.1 Å². The Morgan fingerprint density at radius 1 is 1.06 bits per heavy atom. The van der Waals surface area contributed by atoms with Gasteiger partial charge in [-0.05, 0) is 35.7 Å². The molecule has 0 spiro atoms. The molecule has 0 aliphatic rings. The van der Waals surface area contributed by atoms with E-state index in [1.807, 2.05) is 24.3 Å². The minimum absolute atomic E-state index is 0.0607. The first-order chi connectivity index (χ1) is 17.2. The molecule has 0 N–H and O–H groups in total. The standard InChI is InChI=1S/C28H26N2O5S/c1-5-16-34-23-14-15-25-24(17-23)27(21-12-10-20(11-13-21)19(2)3)29-28(31)30(25)18-22-8-6-7-9-26(22)35-36(4,32)33/h1,6-15,17,19H,16,18H2,2-4H3. The number of nitrogens with zero attached hydrogens (tertiary/aromatic N) is 2. The fourth-order valence-electron chi connectivity index (χ4n) is 3.92. The summed E-state index contributed by atoms with van der Waals surface area (Å²) in [4.78, 5) is 17.7. The molecule has 36 heavy (non-hydrogen) atoms. The first-order valence-corrected chi connectivity index (χ1v) is 13.2. The number of terminal acetylenes is 1. The van der Waals surface area contributed by atoms with Crippen LogP contribution in [-0.2, 0) is 16.7 Å². The Bertz CT molecular complexity index is 1620. The SMILES string of the molecule is C#CCOc1ccc2c(c1)c(-c1ccc(C(C)C)cc1)nc(=O)n2Cc1ccccc1OS(C)(=O)=O. The summed E-state index contributed by atoms with van der Waals surface area (Å²) in [6.07, 6.45) is 6.32. The molecule has 0 bridgehead atoms. The summed E-state index contributed by atoms with van der Waals surface area (Å²) in [5, 5.41) is 0.697. The van der Waals surface area contributed by atoms with E-state index in [0.29, 0.717) is 33.8 Å². The Hall–Kier alpha value is -4.09. The van der Waals surface area contributed by atoms with Gasteiger partial charge in [0.25, 0.3) is 0 Å². The molecule has 0 saturated carbocycles. The maximum Gasteiger partial charge on any atom is 0.348 e. The first-order valence-electron chi connectivity index (χ1n) is 11.3. The summed E-state index contributed by atoms with van der Waals surface area (Å²) in [6.45, 7) is 4.40. The predicted octanol–water partition coefficient (Wildman–Crippen LogP) is 4.59. The largest absolute Gasteiger partial charge is 0.481 e. The third-order valence-corrected chi connectivity index (χ3v) is 6.15. The highest BCUT2D eigenvalue weighted by Crippen LogP contribution is 2.31. The van der Waals surface area contributed by atoms with Crippen LogP contribution in [0.5, 0.6) is 11.5 Å². The topological polar surface area (TPSA) is 87.5 Å². The highest BCUT2D eigenvalue weighted by atomic mass is 32.2. The Morgan fingerprint density at radius 3 is 2.44 bits per heavy atom. The Balaban J connectivity index is 1.89. The van der Waals surface area contributed by atoms with Crippen molar-refractivity contribution in [3.8, 4) is 35.1 Å². The lowest BCUT2D eigenvalue weighted by Crippen LogP contribution is -2.25. The molecule has 0 aliphatic carbocycles. The minimum atomic E-state index is -3.75. The van der Waals surface area contributed by atoms with E-state index >= 15 is 0 Å². The first kappa shape index (κ1) is 25.0. The van der Waals surface area contributed by atoms with Gasteiger partial charge in [-0.25, -0.2) is 4.79 Å². The summed E-state index contributed by atoms with van der Waals surface area (Å²) in [5.74, 6) is 3.52. The fourth-order valence-corrected chi connectivity index (χ4v) is 4.41. The lowest BCUT2D eigenvalue weighted by Gasteiger charge is -2.16. The molecular weight excluding hydrogens is 476 g/mol. The Kier molecular flexibility index (Phi) is 7.13. The minimum Gasteiger partial charge on any atom is -0.481 e. The maximum absolute atomic E-state index is 13.3. The quantitative estimate of drug-likeness (QED) is 0.259. The van der Waals surface area contributed by atoms with Crippen molar-refractivity contribution in [3.05, 3.63) is 88.3 Å². The second-order valence-electron chi connectivity index (χ2n) is 8.67. The van der Waals surface area contributed by atoms with Gasteiger partial charge in [-0.3, -0.25) is 4.57 Å². The second kappa shape index (κ2) is 10.3. The van der Waals surface area contributed by atoms with E-state index in [4.69, 9.17) is 15.3 Å². The molecule has 0 atom stereocenters. The van der Waals surface area contributed by atoms with Crippen LogP contribution >= 0.6 is 0 Å². The second-order valence-corrected chi connectivity index (χ2v) is 10.2. The summed E-state index contributed by atoms with van der Waals surface area (Å²) in [7, 11) is -3.75. The molecule has 0 fully saturated rings. The van der Waals surface area contributed by atoms with Gasteiger partial charge < -0.3 is 8.92 Å². The van der Waals surface area contributed by atoms with Gasteiger partial charge in [-0.15, -0.1) is 6.42 Å². The molecule has 3 aromatic carbocycles. The smallest absolute Gasteiger partial charge is 0.348 e. The van der Waals surface area contributed by atoms with Crippen LogP contribution in [0.15, 0.2) is 71.5 Å². The average Bonchev–Trinajstić information content (AvgIpc) is 2.84. The van der Waals surface area contributed by atoms with E-state index in [-0.39, 0.29) is 18.9 Å². The monoisotopic (exact) mass is 502 g/mol. The van der Waals surface area contributed by atoms with Gasteiger partial charge in [-0.2, -0.15) is 13.4 Å². The summed E-state index contributed by atoms with van der Waals surface area (Å²) < 4.78 is 35.7. The van der Waals surface area contributed by atoms with Crippen molar-refractivity contribution < 1.29 is 17.3 Å². The van der Waals surface area contributed by atoms with Crippen molar-refractivity contribution >= 4 is 21.0 Å². The van der Waals surface area contributed by atoms with Crippen molar-refractivity contribution in [3.63, 3.8) is 0 Å². The number of hydrogen-bond acceptors (Lipinski definition) is 6. The molecule has 0 aliphatic heterocycles. The molecule has 4 aromatic rings. The van der Waals surface area contributed by atoms with Crippen molar-refractivity contribution in [1.82, 2.24) is 9.55 Å². The van der Waals surface area contributed by atoms with Gasteiger partial charge in [0.1, 0.15) is 18.1 Å². The number of hydrogen-bond donors (Lipinski definition) is 0. The van der Waals surface area contributed by atoms with Crippen molar-refractivity contribution in [2.45, 2.75) is 26.3 Å². The third kappa shape index (κ3) is 5.58. The average molecular weight is 503 g/mol. The number of rotatable bonds is 8. The lowest BCUT2D eigenvalue weighted by molar-refractivity contribution is 0.371. The highest BCUT2D eigenvalue weighted by molar-refractivity contribution is 7.86. The van der Waals surface area contributed by atoms with Crippen LogP contribution < -0.4 is 14.6 Å². The molecule has 0 radical (unpaired) electrons. The van der Waals surface area contributed by atoms with Gasteiger partial charge in [0.05, 0.1) is 24.0 Å². The van der Waals surface area contributed by atoms with E-state index < -0.39 is 15.8 Å². The fraction of sp³-hybridized carbons (Fsp3) is 0.214. The number of benzene rings is 3. The molecule has 184 valence electrons. The van der Waals surface area contributed by atoms with Crippen LogP contribution in [0.2, 0.25) is 0 Å². The molecule has 0 unspecified atom stereocenters. The van der Waals surface area contributed by atoms with Crippen molar-refractivity contribution in [1.29, 1.82) is 0 Å². The predicted molar refractivity (Wildman–Crippen MR) is 141 cm³/mol. The van der Waals surface area contributed by atoms with Gasteiger partial charge in [0.15, 0.2) is 0 Å². The lowest BCUT2D eigenvalue weighted by atomic mass is 9.99. The number of aromatic nitrogens is 2. The molecule has 8 heteroatoms. The third-order valence-electron chi connectivity index (χ3n) is 5.67. The molecular formula is C28H26N2O5S. The van der Waals surface area contributed by atoms with E-state index in [2.05, 4.69) is 24.8 Å². The zero-order chi connectivity index (χ0) is 25.9. The summed E-state index contributed by atoms with van der Waals surface area (Å²) >= 11 is 0.